The van der Waals surface area contributed by atoms with Gasteiger partial charge in [0.1, 0.15) is 50.2 Å². The molecule has 0 heterocycles. The Morgan fingerprint density at radius 1 is 0.727 bits per heavy atom. The smallest absolute Gasteiger partial charge is 0.744 e. The molecule has 0 bridgehead atoms. The first-order valence-corrected chi connectivity index (χ1v) is 14.1. The molecule has 0 aliphatic carbocycles. The van der Waals surface area contributed by atoms with Gasteiger partial charge in [0.15, 0.2) is 0 Å². The molecule has 0 fully saturated rings. The predicted molar refractivity (Wildman–Crippen MR) is 146 cm³/mol. The first-order chi connectivity index (χ1) is 20.2. The van der Waals surface area contributed by atoms with Gasteiger partial charge in [-0.15, -0.1) is 0 Å². The summed E-state index contributed by atoms with van der Waals surface area (Å²) in [7, 11) is -4.90. The fourth-order valence-corrected chi connectivity index (χ4v) is 5.53. The van der Waals surface area contributed by atoms with Crippen LogP contribution in [0.4, 0.5) is 0 Å². The zero-order chi connectivity index (χ0) is 29.9. The summed E-state index contributed by atoms with van der Waals surface area (Å²) in [6.07, 6.45) is 0. The zero-order valence-electron chi connectivity index (χ0n) is 23.1. The Kier molecular flexibility index (Phi) is 12.7. The van der Waals surface area contributed by atoms with Gasteiger partial charge in [-0.25, -0.2) is 8.42 Å². The normalized spacial score (nSPS) is 10.9. The first-order valence-electron chi connectivity index (χ1n) is 11.9. The molecular weight excluding hydrogens is 634 g/mol. The van der Waals surface area contributed by atoms with E-state index in [1.54, 1.807) is 30.3 Å². The van der Waals surface area contributed by atoms with Gasteiger partial charge in [-0.1, -0.05) is 36.4 Å². The summed E-state index contributed by atoms with van der Waals surface area (Å²) in [6, 6.07) is 22.7. The molecule has 5 aromatic rings. The van der Waals surface area contributed by atoms with Gasteiger partial charge in [0.05, 0.1) is 21.8 Å². The van der Waals surface area contributed by atoms with E-state index >= 15 is 0 Å². The van der Waals surface area contributed by atoms with Crippen LogP contribution in [0.5, 0.6) is 34.5 Å². The van der Waals surface area contributed by atoms with Gasteiger partial charge < -0.3 is 29.5 Å². The monoisotopic (exact) mass is 652 g/mol. The van der Waals surface area contributed by atoms with Crippen LogP contribution in [0, 0.1) is 0 Å². The summed E-state index contributed by atoms with van der Waals surface area (Å²) in [4.78, 5) is 13.7. The SMILES string of the molecule is O=C(c1ccc2c(S(=O)(=O)[O-])cccc2c1SOO[O-])c1c(Oc2cccc(O)c2)cccc1Oc1cccc(O)c1.[Na+].[Na+]. The van der Waals surface area contributed by atoms with Gasteiger partial charge >= 0.3 is 59.1 Å². The van der Waals surface area contributed by atoms with E-state index in [1.807, 2.05) is 0 Å². The fourth-order valence-electron chi connectivity index (χ4n) is 4.22. The van der Waals surface area contributed by atoms with E-state index in [0.29, 0.717) is 12.0 Å². The number of hydrogen-bond acceptors (Lipinski definition) is 12. The standard InChI is InChI=1S/C29H20O11S2.2Na/c30-17-5-1-7-19(15-17)37-24-10-4-11-25(38-20-8-2-6-18(31)16-20)27(24)28(32)23-14-13-21-22(29(23)41-40-39-33)9-3-12-26(21)42(34,35)36;;/h1-16,30-31,33H,(H,34,35,36);;/q;2*+1/p-2. The van der Waals surface area contributed by atoms with Crippen molar-refractivity contribution in [2.75, 3.05) is 0 Å². The maximum absolute atomic E-state index is 14.3. The van der Waals surface area contributed by atoms with Gasteiger partial charge in [0, 0.05) is 23.1 Å². The summed E-state index contributed by atoms with van der Waals surface area (Å²) in [5.74, 6) is -0.470. The van der Waals surface area contributed by atoms with Gasteiger partial charge in [0.2, 0.25) is 5.78 Å². The summed E-state index contributed by atoms with van der Waals surface area (Å²) in [6.45, 7) is 0. The van der Waals surface area contributed by atoms with Crippen LogP contribution >= 0.6 is 12.0 Å². The zero-order valence-corrected chi connectivity index (χ0v) is 28.8. The van der Waals surface area contributed by atoms with Crippen LogP contribution in [0.2, 0.25) is 0 Å². The number of phenolic OH excluding ortho intramolecular Hbond substituents is 2. The maximum Gasteiger partial charge on any atom is 1.00 e. The van der Waals surface area contributed by atoms with Gasteiger partial charge in [-0.05, 0) is 53.9 Å². The molecular formula is C29H18Na2O11S2. The van der Waals surface area contributed by atoms with E-state index < -0.39 is 20.8 Å². The van der Waals surface area contributed by atoms with Crippen molar-refractivity contribution in [2.24, 2.45) is 0 Å². The van der Waals surface area contributed by atoms with Crippen LogP contribution in [-0.2, 0) is 19.5 Å². The Bertz CT molecular complexity index is 1850. The molecule has 2 N–H and O–H groups in total. The molecule has 0 atom stereocenters. The maximum atomic E-state index is 14.3. The van der Waals surface area contributed by atoms with Crippen LogP contribution in [-0.4, -0.2) is 29.0 Å². The van der Waals surface area contributed by atoms with Gasteiger partial charge in [-0.2, -0.15) is 4.33 Å². The van der Waals surface area contributed by atoms with Crippen LogP contribution in [0.25, 0.3) is 10.8 Å². The van der Waals surface area contributed by atoms with Crippen molar-refractivity contribution in [1.29, 1.82) is 0 Å². The second kappa shape index (κ2) is 15.6. The molecule has 0 amide bonds. The summed E-state index contributed by atoms with van der Waals surface area (Å²) in [5.41, 5.74) is -0.196. The van der Waals surface area contributed by atoms with Gasteiger partial charge in [0.25, 0.3) is 0 Å². The Balaban J connectivity index is 0.00000264. The minimum Gasteiger partial charge on any atom is -0.744 e. The molecule has 0 spiro atoms. The molecule has 214 valence electrons. The van der Waals surface area contributed by atoms with Crippen LogP contribution in [0.1, 0.15) is 15.9 Å². The average Bonchev–Trinajstić information content (AvgIpc) is 2.95. The molecule has 5 aromatic carbocycles. The van der Waals surface area contributed by atoms with Crippen LogP contribution in [0.15, 0.2) is 107 Å². The molecule has 0 radical (unpaired) electrons. The number of aromatic hydroxyl groups is 2. The Hall–Kier alpha value is -2.63. The topological polar surface area (TPSA) is 175 Å². The summed E-state index contributed by atoms with van der Waals surface area (Å²) >= 11 is 0.342. The number of fused-ring (bicyclic) bond motifs is 1. The molecule has 44 heavy (non-hydrogen) atoms. The second-order valence-corrected chi connectivity index (χ2v) is 10.7. The number of carbonyl (C=O) groups excluding carboxylic acids is 1. The molecule has 0 unspecified atom stereocenters. The number of carbonyl (C=O) groups is 1. The third-order valence-corrected chi connectivity index (χ3v) is 7.56. The van der Waals surface area contributed by atoms with Crippen LogP contribution in [0.3, 0.4) is 0 Å². The predicted octanol–water partition coefficient (Wildman–Crippen LogP) is -0.791. The van der Waals surface area contributed by atoms with E-state index in [4.69, 9.17) is 9.47 Å². The number of ketones is 1. The summed E-state index contributed by atoms with van der Waals surface area (Å²) < 4.78 is 52.1. The van der Waals surface area contributed by atoms with Crippen molar-refractivity contribution in [3.05, 3.63) is 108 Å². The van der Waals surface area contributed by atoms with Crippen molar-refractivity contribution in [2.45, 2.75) is 9.79 Å². The number of hydrogen-bond donors (Lipinski definition) is 2. The van der Waals surface area contributed by atoms with E-state index in [1.165, 1.54) is 60.7 Å². The van der Waals surface area contributed by atoms with Crippen molar-refractivity contribution < 1.29 is 111 Å². The van der Waals surface area contributed by atoms with E-state index in [-0.39, 0.29) is 120 Å². The minimum atomic E-state index is -4.90. The Morgan fingerprint density at radius 2 is 1.27 bits per heavy atom. The molecule has 15 heteroatoms. The average molecular weight is 653 g/mol. The van der Waals surface area contributed by atoms with E-state index in [9.17, 15) is 33.2 Å². The van der Waals surface area contributed by atoms with E-state index in [0.717, 1.165) is 6.07 Å². The quantitative estimate of drug-likeness (QED) is 0.0481. The minimum absolute atomic E-state index is 0. The molecule has 0 saturated carbocycles. The Morgan fingerprint density at radius 3 is 1.80 bits per heavy atom. The van der Waals surface area contributed by atoms with Crippen molar-refractivity contribution in [1.82, 2.24) is 0 Å². The number of ether oxygens (including phenoxy) is 2. The third kappa shape index (κ3) is 8.14. The first kappa shape index (κ1) is 35.8. The number of phenols is 2. The molecule has 0 aliphatic rings. The number of rotatable bonds is 10. The molecule has 0 aromatic heterocycles. The van der Waals surface area contributed by atoms with Crippen molar-refractivity contribution >= 4 is 38.7 Å². The largest absolute Gasteiger partial charge is 1.00 e. The van der Waals surface area contributed by atoms with Gasteiger partial charge in [-0.3, -0.25) is 9.83 Å². The second-order valence-electron chi connectivity index (χ2n) is 8.62. The molecule has 0 saturated heterocycles. The van der Waals surface area contributed by atoms with Crippen molar-refractivity contribution in [3.8, 4) is 34.5 Å². The fraction of sp³-hybridized carbons (Fsp3) is 0. The molecule has 5 rings (SSSR count). The van der Waals surface area contributed by atoms with E-state index in [2.05, 4.69) is 9.37 Å². The van der Waals surface area contributed by atoms with Crippen LogP contribution < -0.4 is 73.8 Å². The Labute approximate surface area is 299 Å². The number of benzene rings is 5. The van der Waals surface area contributed by atoms with Crippen molar-refractivity contribution in [3.63, 3.8) is 0 Å². The molecule has 11 nitrogen and oxygen atoms in total. The molecule has 0 aliphatic heterocycles. The summed E-state index contributed by atoms with van der Waals surface area (Å²) in [5, 5.41) is 34.1. The third-order valence-electron chi connectivity index (χ3n) is 5.94.